The van der Waals surface area contributed by atoms with Crippen LogP contribution in [-0.4, -0.2) is 35.8 Å². The Labute approximate surface area is 162 Å². The van der Waals surface area contributed by atoms with Gasteiger partial charge in [0, 0.05) is 17.8 Å². The molecule has 0 radical (unpaired) electrons. The van der Waals surface area contributed by atoms with Crippen LogP contribution in [-0.2, 0) is 19.4 Å². The largest absolute Gasteiger partial charge is 0.493 e. The molecule has 0 unspecified atom stereocenters. The molecule has 27 heavy (non-hydrogen) atoms. The van der Waals surface area contributed by atoms with E-state index in [1.165, 1.54) is 16.0 Å². The van der Waals surface area contributed by atoms with Gasteiger partial charge in [-0.15, -0.1) is 11.3 Å². The Morgan fingerprint density at radius 2 is 2.07 bits per heavy atom. The van der Waals surface area contributed by atoms with Crippen molar-refractivity contribution < 1.29 is 14.0 Å². The van der Waals surface area contributed by atoms with E-state index in [2.05, 4.69) is 44.7 Å². The van der Waals surface area contributed by atoms with Crippen LogP contribution in [0, 0.1) is 0 Å². The van der Waals surface area contributed by atoms with E-state index in [0.717, 1.165) is 36.7 Å². The van der Waals surface area contributed by atoms with Gasteiger partial charge in [0.2, 0.25) is 5.89 Å². The smallest absolute Gasteiger partial charge is 0.240 e. The molecule has 0 spiro atoms. The van der Waals surface area contributed by atoms with Gasteiger partial charge in [0.05, 0.1) is 26.8 Å². The Morgan fingerprint density at radius 1 is 1.26 bits per heavy atom. The van der Waals surface area contributed by atoms with E-state index in [9.17, 15) is 0 Å². The maximum absolute atomic E-state index is 5.56. The lowest BCUT2D eigenvalue weighted by Crippen LogP contribution is -2.35. The summed E-state index contributed by atoms with van der Waals surface area (Å²) >= 11 is 1.76. The molecule has 0 N–H and O–H groups in total. The third-order valence-corrected chi connectivity index (χ3v) is 5.88. The Bertz CT molecular complexity index is 907. The number of aryl methyl sites for hydroxylation is 1. The number of thiophene rings is 1. The van der Waals surface area contributed by atoms with Crippen LogP contribution < -0.4 is 9.47 Å². The normalized spacial score (nSPS) is 16.9. The van der Waals surface area contributed by atoms with Crippen molar-refractivity contribution in [3.8, 4) is 11.5 Å². The SMILES string of the molecule is CCc1noc(CN2CCc3cc(OC)c(OC)cc3[C@H]2c2cccs2)n1. The zero-order valence-electron chi connectivity index (χ0n) is 15.8. The van der Waals surface area contributed by atoms with Gasteiger partial charge >= 0.3 is 0 Å². The minimum Gasteiger partial charge on any atom is -0.493 e. The summed E-state index contributed by atoms with van der Waals surface area (Å²) in [5, 5.41) is 6.15. The average Bonchev–Trinajstić information content (AvgIpc) is 3.38. The third-order valence-electron chi connectivity index (χ3n) is 4.95. The molecule has 3 aromatic rings. The molecule has 1 aliphatic rings. The Morgan fingerprint density at radius 3 is 2.74 bits per heavy atom. The number of nitrogens with zero attached hydrogens (tertiary/aromatic N) is 3. The number of fused-ring (bicyclic) bond motifs is 1. The highest BCUT2D eigenvalue weighted by molar-refractivity contribution is 7.10. The van der Waals surface area contributed by atoms with Crippen LogP contribution in [0.1, 0.15) is 40.7 Å². The number of hydrogen-bond donors (Lipinski definition) is 0. The van der Waals surface area contributed by atoms with Crippen LogP contribution in [0.25, 0.3) is 0 Å². The summed E-state index contributed by atoms with van der Waals surface area (Å²) in [5.41, 5.74) is 2.54. The Balaban J connectivity index is 1.73. The second kappa shape index (κ2) is 7.70. The molecule has 0 bridgehead atoms. The van der Waals surface area contributed by atoms with Crippen LogP contribution in [0.2, 0.25) is 0 Å². The first-order valence-electron chi connectivity index (χ1n) is 9.07. The number of benzene rings is 1. The summed E-state index contributed by atoms with van der Waals surface area (Å²) in [5.74, 6) is 2.95. The van der Waals surface area contributed by atoms with Gasteiger partial charge in [-0.1, -0.05) is 18.1 Å². The van der Waals surface area contributed by atoms with Crippen molar-refractivity contribution in [1.82, 2.24) is 15.0 Å². The van der Waals surface area contributed by atoms with Crippen LogP contribution >= 0.6 is 11.3 Å². The van der Waals surface area contributed by atoms with E-state index < -0.39 is 0 Å². The van der Waals surface area contributed by atoms with E-state index in [-0.39, 0.29) is 6.04 Å². The fraction of sp³-hybridized carbons (Fsp3) is 0.400. The standard InChI is InChI=1S/C20H23N3O3S/c1-4-18-21-19(26-22-18)12-23-8-7-13-10-15(24-2)16(25-3)11-14(13)20(23)17-6-5-9-27-17/h5-6,9-11,20H,4,7-8,12H2,1-3H3/t20-/m0/s1. The molecule has 4 rings (SSSR count). The summed E-state index contributed by atoms with van der Waals surface area (Å²) in [4.78, 5) is 8.18. The monoisotopic (exact) mass is 385 g/mol. The molecule has 7 heteroatoms. The highest BCUT2D eigenvalue weighted by atomic mass is 32.1. The molecule has 2 aromatic heterocycles. The van der Waals surface area contributed by atoms with Crippen LogP contribution in [0.5, 0.6) is 11.5 Å². The van der Waals surface area contributed by atoms with Gasteiger partial charge in [0.25, 0.3) is 0 Å². The first-order valence-corrected chi connectivity index (χ1v) is 9.95. The highest BCUT2D eigenvalue weighted by Crippen LogP contribution is 2.42. The van der Waals surface area contributed by atoms with Crippen molar-refractivity contribution in [2.75, 3.05) is 20.8 Å². The van der Waals surface area contributed by atoms with Crippen molar-refractivity contribution in [3.63, 3.8) is 0 Å². The van der Waals surface area contributed by atoms with Crippen LogP contribution in [0.3, 0.4) is 0 Å². The molecule has 0 fully saturated rings. The molecule has 6 nitrogen and oxygen atoms in total. The summed E-state index contributed by atoms with van der Waals surface area (Å²) < 4.78 is 16.5. The highest BCUT2D eigenvalue weighted by Gasteiger charge is 2.32. The van der Waals surface area contributed by atoms with Gasteiger partial charge in [-0.05, 0) is 41.1 Å². The van der Waals surface area contributed by atoms with Gasteiger partial charge in [-0.2, -0.15) is 4.98 Å². The predicted molar refractivity (Wildman–Crippen MR) is 103 cm³/mol. The first-order chi connectivity index (χ1) is 13.2. The van der Waals surface area contributed by atoms with E-state index in [1.54, 1.807) is 25.6 Å². The molecule has 3 heterocycles. The molecule has 0 aliphatic carbocycles. The van der Waals surface area contributed by atoms with Gasteiger partial charge in [-0.3, -0.25) is 4.90 Å². The predicted octanol–water partition coefficient (Wildman–Crippen LogP) is 3.86. The molecule has 1 aromatic carbocycles. The molecule has 142 valence electrons. The fourth-order valence-corrected chi connectivity index (χ4v) is 4.50. The lowest BCUT2D eigenvalue weighted by molar-refractivity contribution is 0.179. The van der Waals surface area contributed by atoms with E-state index >= 15 is 0 Å². The number of ether oxygens (including phenoxy) is 2. The van der Waals surface area contributed by atoms with Gasteiger partial charge in [0.15, 0.2) is 17.3 Å². The van der Waals surface area contributed by atoms with E-state index in [4.69, 9.17) is 14.0 Å². The fourth-order valence-electron chi connectivity index (χ4n) is 3.62. The summed E-state index contributed by atoms with van der Waals surface area (Å²) in [6.45, 7) is 3.57. The maximum Gasteiger partial charge on any atom is 0.240 e. The Kier molecular flexibility index (Phi) is 5.13. The summed E-state index contributed by atoms with van der Waals surface area (Å²) in [6.07, 6.45) is 1.71. The molecule has 1 atom stereocenters. The van der Waals surface area contributed by atoms with Crippen molar-refractivity contribution in [3.05, 3.63) is 57.4 Å². The van der Waals surface area contributed by atoms with Crippen LogP contribution in [0.15, 0.2) is 34.2 Å². The lowest BCUT2D eigenvalue weighted by Gasteiger charge is -2.36. The quantitative estimate of drug-likeness (QED) is 0.642. The number of methoxy groups -OCH3 is 2. The molecule has 0 saturated carbocycles. The topological polar surface area (TPSA) is 60.6 Å². The van der Waals surface area contributed by atoms with Gasteiger partial charge < -0.3 is 14.0 Å². The zero-order chi connectivity index (χ0) is 18.8. The van der Waals surface area contributed by atoms with Crippen molar-refractivity contribution >= 4 is 11.3 Å². The van der Waals surface area contributed by atoms with Crippen molar-refractivity contribution in [1.29, 1.82) is 0 Å². The zero-order valence-corrected chi connectivity index (χ0v) is 16.6. The van der Waals surface area contributed by atoms with Crippen LogP contribution in [0.4, 0.5) is 0 Å². The third kappa shape index (κ3) is 3.44. The van der Waals surface area contributed by atoms with E-state index in [1.807, 2.05) is 6.92 Å². The summed E-state index contributed by atoms with van der Waals surface area (Å²) in [6, 6.07) is 8.61. The minimum atomic E-state index is 0.130. The molecule has 1 aliphatic heterocycles. The van der Waals surface area contributed by atoms with E-state index in [0.29, 0.717) is 12.4 Å². The molecular formula is C20H23N3O3S. The average molecular weight is 385 g/mol. The second-order valence-electron chi connectivity index (χ2n) is 6.50. The molecule has 0 amide bonds. The Hall–Kier alpha value is -2.38. The number of hydrogen-bond acceptors (Lipinski definition) is 7. The van der Waals surface area contributed by atoms with Gasteiger partial charge in [0.1, 0.15) is 0 Å². The molecular weight excluding hydrogens is 362 g/mol. The van der Waals surface area contributed by atoms with Gasteiger partial charge in [-0.25, -0.2) is 0 Å². The minimum absolute atomic E-state index is 0.130. The second-order valence-corrected chi connectivity index (χ2v) is 7.48. The number of aromatic nitrogens is 2. The van der Waals surface area contributed by atoms with Crippen molar-refractivity contribution in [2.45, 2.75) is 32.4 Å². The lowest BCUT2D eigenvalue weighted by atomic mass is 9.91. The first kappa shape index (κ1) is 18.0. The summed E-state index contributed by atoms with van der Waals surface area (Å²) in [7, 11) is 3.35. The number of rotatable bonds is 6. The molecule has 0 saturated heterocycles. The maximum atomic E-state index is 5.56. The van der Waals surface area contributed by atoms with Crippen molar-refractivity contribution in [2.24, 2.45) is 0 Å².